The zero-order valence-electron chi connectivity index (χ0n) is 25.1. The van der Waals surface area contributed by atoms with Crippen molar-refractivity contribution in [2.24, 2.45) is 10.9 Å². The molecule has 1 aliphatic heterocycles. The van der Waals surface area contributed by atoms with Crippen molar-refractivity contribution in [3.8, 4) is 11.9 Å². The second-order valence-electron chi connectivity index (χ2n) is 11.5. The van der Waals surface area contributed by atoms with Crippen molar-refractivity contribution in [3.63, 3.8) is 0 Å². The molecule has 9 nitrogen and oxygen atoms in total. The number of pyridine rings is 1. The number of aliphatic imine (C=N–C) groups is 1. The molecule has 2 aromatic carbocycles. The first-order chi connectivity index (χ1) is 21.9. The number of halogens is 1. The molecule has 1 saturated heterocycles. The zero-order chi connectivity index (χ0) is 31.4. The van der Waals surface area contributed by atoms with E-state index in [9.17, 15) is 9.18 Å². The molecule has 11 heteroatoms. The number of hydrogen-bond donors (Lipinski definition) is 0. The summed E-state index contributed by atoms with van der Waals surface area (Å²) in [5, 5.41) is 8.96. The molecule has 1 saturated carbocycles. The Morgan fingerprint density at radius 3 is 2.93 bits per heavy atom. The molecule has 2 atom stereocenters. The third-order valence-electron chi connectivity index (χ3n) is 8.63. The molecule has 0 bridgehead atoms. The quantitative estimate of drug-likeness (QED) is 0.150. The number of aromatic nitrogens is 2. The van der Waals surface area contributed by atoms with E-state index in [1.165, 1.54) is 13.2 Å². The van der Waals surface area contributed by atoms with E-state index >= 15 is 0 Å². The van der Waals surface area contributed by atoms with Gasteiger partial charge >= 0.3 is 5.97 Å². The van der Waals surface area contributed by atoms with E-state index in [4.69, 9.17) is 24.7 Å². The second-order valence-corrected chi connectivity index (χ2v) is 12.4. The lowest BCUT2D eigenvalue weighted by atomic mass is 9.91. The Morgan fingerprint density at radius 1 is 1.29 bits per heavy atom. The van der Waals surface area contributed by atoms with Gasteiger partial charge in [0.1, 0.15) is 12.4 Å². The number of piperidine rings is 1. The summed E-state index contributed by atoms with van der Waals surface area (Å²) in [5.41, 5.74) is 5.66. The fourth-order valence-corrected chi connectivity index (χ4v) is 6.68. The van der Waals surface area contributed by atoms with Gasteiger partial charge in [-0.15, -0.1) is 11.3 Å². The highest BCUT2D eigenvalue weighted by atomic mass is 32.1. The van der Waals surface area contributed by atoms with E-state index in [2.05, 4.69) is 20.9 Å². The van der Waals surface area contributed by atoms with Crippen LogP contribution in [0.4, 0.5) is 15.8 Å². The fraction of sp³-hybridized carbons (Fsp3) is 0.324. The molecule has 0 amide bonds. The van der Waals surface area contributed by atoms with Gasteiger partial charge in [-0.1, -0.05) is 12.1 Å². The summed E-state index contributed by atoms with van der Waals surface area (Å²) in [4.78, 5) is 31.6. The molecule has 2 unspecified atom stereocenters. The van der Waals surface area contributed by atoms with Crippen molar-refractivity contribution in [1.82, 2.24) is 14.9 Å². The topological polar surface area (TPSA) is 104 Å². The largest absolute Gasteiger partial charge is 0.473 e. The highest BCUT2D eigenvalue weighted by Crippen LogP contribution is 2.58. The number of esters is 1. The first-order valence-electron chi connectivity index (χ1n) is 14.7. The van der Waals surface area contributed by atoms with Crippen molar-refractivity contribution in [2.75, 3.05) is 38.7 Å². The van der Waals surface area contributed by atoms with Crippen molar-refractivity contribution in [1.29, 1.82) is 5.26 Å². The Balaban J connectivity index is 1.07. The Labute approximate surface area is 265 Å². The summed E-state index contributed by atoms with van der Waals surface area (Å²) in [5.74, 6) is 0.129. The molecule has 6 rings (SSSR count). The first-order valence-corrected chi connectivity index (χ1v) is 15.6. The van der Waals surface area contributed by atoms with Crippen molar-refractivity contribution >= 4 is 34.9 Å². The molecule has 45 heavy (non-hydrogen) atoms. The van der Waals surface area contributed by atoms with Gasteiger partial charge in [0.05, 0.1) is 53.4 Å². The molecular formula is C34H33FN6O3S. The lowest BCUT2D eigenvalue weighted by Crippen LogP contribution is -2.37. The Morgan fingerprint density at radius 2 is 2.18 bits per heavy atom. The summed E-state index contributed by atoms with van der Waals surface area (Å²) in [7, 11) is 3.36. The normalized spacial score (nSPS) is 19.1. The molecule has 0 radical (unpaired) electrons. The van der Waals surface area contributed by atoms with Gasteiger partial charge in [0, 0.05) is 54.5 Å². The zero-order valence-corrected chi connectivity index (χ0v) is 26.0. The van der Waals surface area contributed by atoms with Crippen LogP contribution < -0.4 is 9.64 Å². The maximum atomic E-state index is 14.3. The third-order valence-corrected chi connectivity index (χ3v) is 9.39. The molecular weight excluding hydrogens is 591 g/mol. The van der Waals surface area contributed by atoms with Gasteiger partial charge in [-0.05, 0) is 61.7 Å². The SMILES string of the molecule is COC(=O)c1ccc(N=CCN2CCC3(c4cccc(OCc5ccc(C#N)cc5F)n4)CC3C2)c(N(C)Cc2cncs2)c1. The molecule has 4 aromatic rings. The van der Waals surface area contributed by atoms with Gasteiger partial charge in [-0.2, -0.15) is 5.26 Å². The van der Waals surface area contributed by atoms with E-state index in [1.807, 2.05) is 49.2 Å². The fourth-order valence-electron chi connectivity index (χ4n) is 6.03. The summed E-state index contributed by atoms with van der Waals surface area (Å²) in [6, 6.07) is 17.6. The average Bonchev–Trinajstić information content (AvgIpc) is 3.59. The minimum Gasteiger partial charge on any atom is -0.473 e. The smallest absolute Gasteiger partial charge is 0.337 e. The highest BCUT2D eigenvalue weighted by molar-refractivity contribution is 7.09. The predicted molar refractivity (Wildman–Crippen MR) is 171 cm³/mol. The van der Waals surface area contributed by atoms with Crippen LogP contribution in [0.3, 0.4) is 0 Å². The van der Waals surface area contributed by atoms with E-state index in [-0.39, 0.29) is 23.6 Å². The van der Waals surface area contributed by atoms with E-state index in [0.29, 0.717) is 29.5 Å². The van der Waals surface area contributed by atoms with Gasteiger partial charge < -0.3 is 14.4 Å². The Bertz CT molecular complexity index is 1760. The van der Waals surface area contributed by atoms with Crippen LogP contribution in [-0.4, -0.2) is 60.8 Å². The molecule has 2 aliphatic rings. The van der Waals surface area contributed by atoms with Crippen LogP contribution in [0.25, 0.3) is 0 Å². The molecule has 230 valence electrons. The van der Waals surface area contributed by atoms with Crippen LogP contribution in [0.15, 0.2) is 71.3 Å². The van der Waals surface area contributed by atoms with E-state index < -0.39 is 5.82 Å². The number of likely N-dealkylation sites (tertiary alicyclic amines) is 1. The molecule has 3 heterocycles. The summed E-state index contributed by atoms with van der Waals surface area (Å²) in [6.45, 7) is 3.29. The number of hydrogen-bond acceptors (Lipinski definition) is 10. The molecule has 0 spiro atoms. The summed E-state index contributed by atoms with van der Waals surface area (Å²) < 4.78 is 25.1. The monoisotopic (exact) mass is 624 g/mol. The van der Waals surface area contributed by atoms with Gasteiger partial charge in [-0.25, -0.2) is 14.2 Å². The highest BCUT2D eigenvalue weighted by Gasteiger charge is 2.58. The van der Waals surface area contributed by atoms with Gasteiger partial charge in [-0.3, -0.25) is 14.9 Å². The standard InChI is InChI=1S/C34H33FN6O3S/c1-40(20-27-18-37-22-45-27)30-15-24(33(42)43-2)8-9-29(30)38-11-13-41-12-10-34(16-26(34)19-41)31-4-3-5-32(39-31)44-21-25-7-6-23(17-36)14-28(25)35/h3-9,11,14-15,18,22,26H,10,12-13,16,19-21H2,1-2H3. The Kier molecular flexibility index (Phi) is 8.87. The van der Waals surface area contributed by atoms with Crippen LogP contribution >= 0.6 is 11.3 Å². The van der Waals surface area contributed by atoms with Crippen LogP contribution in [0, 0.1) is 23.1 Å². The number of fused-ring (bicyclic) bond motifs is 1. The predicted octanol–water partition coefficient (Wildman–Crippen LogP) is 5.92. The minimum absolute atomic E-state index is 0.0446. The first kappa shape index (κ1) is 30.4. The van der Waals surface area contributed by atoms with E-state index in [1.54, 1.807) is 35.6 Å². The lowest BCUT2D eigenvalue weighted by Gasteiger charge is -2.30. The lowest BCUT2D eigenvalue weighted by molar-refractivity contribution is 0.0601. The van der Waals surface area contributed by atoms with Crippen LogP contribution in [0.2, 0.25) is 0 Å². The maximum Gasteiger partial charge on any atom is 0.337 e. The van der Waals surface area contributed by atoms with Gasteiger partial charge in [0.2, 0.25) is 5.88 Å². The van der Waals surface area contributed by atoms with Gasteiger partial charge in [0.15, 0.2) is 0 Å². The third kappa shape index (κ3) is 6.72. The molecule has 2 aromatic heterocycles. The summed E-state index contributed by atoms with van der Waals surface area (Å²) in [6.07, 6.45) is 5.85. The molecule has 0 N–H and O–H groups in total. The minimum atomic E-state index is -0.459. The number of benzene rings is 2. The van der Waals surface area contributed by atoms with Crippen molar-refractivity contribution < 1.29 is 18.7 Å². The van der Waals surface area contributed by atoms with Crippen LogP contribution in [0.5, 0.6) is 5.88 Å². The number of carbonyl (C=O) groups excluding carboxylic acids is 1. The molecule has 2 fully saturated rings. The number of methoxy groups -OCH3 is 1. The van der Waals surface area contributed by atoms with Crippen LogP contribution in [0.1, 0.15) is 44.9 Å². The maximum absolute atomic E-state index is 14.3. The van der Waals surface area contributed by atoms with E-state index in [0.717, 1.165) is 54.4 Å². The summed E-state index contributed by atoms with van der Waals surface area (Å²) >= 11 is 1.59. The molecule has 1 aliphatic carbocycles. The van der Waals surface area contributed by atoms with Crippen molar-refractivity contribution in [2.45, 2.75) is 31.4 Å². The number of ether oxygens (including phenoxy) is 2. The van der Waals surface area contributed by atoms with Crippen LogP contribution in [-0.2, 0) is 23.3 Å². The average molecular weight is 625 g/mol. The van der Waals surface area contributed by atoms with Gasteiger partial charge in [0.25, 0.3) is 0 Å². The number of carbonyl (C=O) groups is 1. The Hall–Kier alpha value is -4.66. The number of thiazole rings is 1. The number of nitrogens with zero attached hydrogens (tertiary/aromatic N) is 6. The number of nitriles is 1. The number of rotatable bonds is 11. The van der Waals surface area contributed by atoms with Crippen molar-refractivity contribution in [3.05, 3.63) is 99.4 Å². The second kappa shape index (κ2) is 13.1. The number of anilines is 1.